The standard InChI is InChI=1S/C16H20BrNO2/c17-13-8-6-12(7-9-13)14-4-1-2-10-18(14)16(19)15-5-3-11-20-15/h6-9,14-15H,1-5,10-11H2. The van der Waals surface area contributed by atoms with Gasteiger partial charge in [-0.05, 0) is 49.8 Å². The molecule has 0 aromatic heterocycles. The first-order valence-corrected chi connectivity index (χ1v) is 8.22. The van der Waals surface area contributed by atoms with Crippen LogP contribution in [0.5, 0.6) is 0 Å². The Morgan fingerprint density at radius 2 is 1.95 bits per heavy atom. The van der Waals surface area contributed by atoms with Crippen molar-refractivity contribution in [3.8, 4) is 0 Å². The third-order valence-corrected chi connectivity index (χ3v) is 4.77. The molecule has 20 heavy (non-hydrogen) atoms. The summed E-state index contributed by atoms with van der Waals surface area (Å²) in [5.41, 5.74) is 1.24. The Labute approximate surface area is 128 Å². The van der Waals surface area contributed by atoms with Crippen LogP contribution in [0.3, 0.4) is 0 Å². The van der Waals surface area contributed by atoms with Crippen molar-refractivity contribution in [1.82, 2.24) is 4.90 Å². The SMILES string of the molecule is O=C(C1CCCO1)N1CCCCC1c1ccc(Br)cc1. The van der Waals surface area contributed by atoms with E-state index in [0.717, 1.165) is 43.3 Å². The van der Waals surface area contributed by atoms with Crippen molar-refractivity contribution >= 4 is 21.8 Å². The molecule has 1 amide bonds. The zero-order valence-electron chi connectivity index (χ0n) is 11.6. The molecule has 2 aliphatic rings. The van der Waals surface area contributed by atoms with E-state index in [9.17, 15) is 4.79 Å². The Bertz CT molecular complexity index is 468. The van der Waals surface area contributed by atoms with E-state index in [1.165, 1.54) is 12.0 Å². The normalized spacial score (nSPS) is 26.8. The smallest absolute Gasteiger partial charge is 0.252 e. The first kappa shape index (κ1) is 14.1. The highest BCUT2D eigenvalue weighted by Crippen LogP contribution is 2.33. The van der Waals surface area contributed by atoms with E-state index in [-0.39, 0.29) is 18.1 Å². The van der Waals surface area contributed by atoms with E-state index in [4.69, 9.17) is 4.74 Å². The number of hydrogen-bond donors (Lipinski definition) is 0. The van der Waals surface area contributed by atoms with Gasteiger partial charge in [0.25, 0.3) is 5.91 Å². The maximum atomic E-state index is 12.6. The number of rotatable bonds is 2. The van der Waals surface area contributed by atoms with Crippen molar-refractivity contribution in [2.75, 3.05) is 13.2 Å². The van der Waals surface area contributed by atoms with Crippen LogP contribution in [0.4, 0.5) is 0 Å². The molecular weight excluding hydrogens is 318 g/mol. The molecule has 108 valence electrons. The molecular formula is C16H20BrNO2. The predicted molar refractivity (Wildman–Crippen MR) is 81.4 cm³/mol. The van der Waals surface area contributed by atoms with E-state index in [1.54, 1.807) is 0 Å². The van der Waals surface area contributed by atoms with Gasteiger partial charge < -0.3 is 9.64 Å². The Kier molecular flexibility index (Phi) is 4.41. The number of ether oxygens (including phenoxy) is 1. The first-order valence-electron chi connectivity index (χ1n) is 7.43. The van der Waals surface area contributed by atoms with Crippen LogP contribution >= 0.6 is 15.9 Å². The fourth-order valence-corrected chi connectivity index (χ4v) is 3.45. The highest BCUT2D eigenvalue weighted by Gasteiger charge is 2.34. The molecule has 0 radical (unpaired) electrons. The zero-order valence-corrected chi connectivity index (χ0v) is 13.1. The third kappa shape index (κ3) is 2.91. The fraction of sp³-hybridized carbons (Fsp3) is 0.562. The Morgan fingerprint density at radius 3 is 2.65 bits per heavy atom. The van der Waals surface area contributed by atoms with Crippen LogP contribution in [0.1, 0.15) is 43.7 Å². The van der Waals surface area contributed by atoms with Gasteiger partial charge in [0.2, 0.25) is 0 Å². The summed E-state index contributed by atoms with van der Waals surface area (Å²) in [6.07, 6.45) is 5.03. The second-order valence-corrected chi connectivity index (χ2v) is 6.51. The lowest BCUT2D eigenvalue weighted by Gasteiger charge is -2.37. The number of carbonyl (C=O) groups is 1. The van der Waals surface area contributed by atoms with Gasteiger partial charge in [0.15, 0.2) is 0 Å². The molecule has 2 saturated heterocycles. The fourth-order valence-electron chi connectivity index (χ4n) is 3.18. The van der Waals surface area contributed by atoms with Crippen LogP contribution in [0.15, 0.2) is 28.7 Å². The van der Waals surface area contributed by atoms with E-state index >= 15 is 0 Å². The maximum Gasteiger partial charge on any atom is 0.252 e. The van der Waals surface area contributed by atoms with Gasteiger partial charge in [-0.2, -0.15) is 0 Å². The largest absolute Gasteiger partial charge is 0.368 e. The van der Waals surface area contributed by atoms with E-state index < -0.39 is 0 Å². The van der Waals surface area contributed by atoms with Gasteiger partial charge in [-0.1, -0.05) is 28.1 Å². The summed E-state index contributed by atoms with van der Waals surface area (Å²) in [6, 6.07) is 8.57. The second kappa shape index (κ2) is 6.27. The van der Waals surface area contributed by atoms with Crippen molar-refractivity contribution in [1.29, 1.82) is 0 Å². The lowest BCUT2D eigenvalue weighted by atomic mass is 9.94. The van der Waals surface area contributed by atoms with Crippen LogP contribution in [-0.4, -0.2) is 30.1 Å². The number of nitrogens with zero attached hydrogens (tertiary/aromatic N) is 1. The van der Waals surface area contributed by atoms with Gasteiger partial charge in [0.05, 0.1) is 6.04 Å². The van der Waals surface area contributed by atoms with Crippen LogP contribution in [0, 0.1) is 0 Å². The Balaban J connectivity index is 1.79. The maximum absolute atomic E-state index is 12.6. The van der Waals surface area contributed by atoms with Crippen molar-refractivity contribution in [2.45, 2.75) is 44.2 Å². The van der Waals surface area contributed by atoms with Gasteiger partial charge in [-0.15, -0.1) is 0 Å². The second-order valence-electron chi connectivity index (χ2n) is 5.60. The lowest BCUT2D eigenvalue weighted by Crippen LogP contribution is -2.43. The van der Waals surface area contributed by atoms with Crippen LogP contribution in [0.25, 0.3) is 0 Å². The molecule has 3 rings (SSSR count). The summed E-state index contributed by atoms with van der Waals surface area (Å²) in [7, 11) is 0. The van der Waals surface area contributed by atoms with Crippen LogP contribution < -0.4 is 0 Å². The van der Waals surface area contributed by atoms with Crippen molar-refractivity contribution < 1.29 is 9.53 Å². The number of piperidine rings is 1. The third-order valence-electron chi connectivity index (χ3n) is 4.25. The van der Waals surface area contributed by atoms with Gasteiger partial charge in [0, 0.05) is 17.6 Å². The summed E-state index contributed by atoms with van der Waals surface area (Å²) in [5.74, 6) is 0.190. The number of benzene rings is 1. The summed E-state index contributed by atoms with van der Waals surface area (Å²) >= 11 is 3.47. The molecule has 0 aliphatic carbocycles. The quantitative estimate of drug-likeness (QED) is 0.823. The number of amides is 1. The summed E-state index contributed by atoms with van der Waals surface area (Å²) in [5, 5.41) is 0. The minimum Gasteiger partial charge on any atom is -0.368 e. The van der Waals surface area contributed by atoms with Crippen LogP contribution in [0.2, 0.25) is 0 Å². The van der Waals surface area contributed by atoms with E-state index in [1.807, 2.05) is 4.90 Å². The molecule has 0 spiro atoms. The van der Waals surface area contributed by atoms with Gasteiger partial charge in [0.1, 0.15) is 6.10 Å². The number of likely N-dealkylation sites (tertiary alicyclic amines) is 1. The monoisotopic (exact) mass is 337 g/mol. The summed E-state index contributed by atoms with van der Waals surface area (Å²) in [4.78, 5) is 14.7. The molecule has 0 N–H and O–H groups in total. The lowest BCUT2D eigenvalue weighted by molar-refractivity contribution is -0.145. The Morgan fingerprint density at radius 1 is 1.15 bits per heavy atom. The molecule has 0 bridgehead atoms. The number of carbonyl (C=O) groups excluding carboxylic acids is 1. The van der Waals surface area contributed by atoms with Gasteiger partial charge >= 0.3 is 0 Å². The van der Waals surface area contributed by atoms with E-state index in [0.29, 0.717) is 0 Å². The van der Waals surface area contributed by atoms with Crippen molar-refractivity contribution in [2.24, 2.45) is 0 Å². The molecule has 4 heteroatoms. The molecule has 1 aromatic rings. The Hall–Kier alpha value is -0.870. The molecule has 1 aromatic carbocycles. The molecule has 0 saturated carbocycles. The van der Waals surface area contributed by atoms with E-state index in [2.05, 4.69) is 40.2 Å². The molecule has 2 heterocycles. The van der Waals surface area contributed by atoms with Gasteiger partial charge in [-0.25, -0.2) is 0 Å². The van der Waals surface area contributed by atoms with Crippen molar-refractivity contribution in [3.63, 3.8) is 0 Å². The predicted octanol–water partition coefficient (Wildman–Crippen LogP) is 3.68. The molecule has 2 unspecified atom stereocenters. The van der Waals surface area contributed by atoms with Gasteiger partial charge in [-0.3, -0.25) is 4.79 Å². The number of halogens is 1. The average Bonchev–Trinajstić information content (AvgIpc) is 3.02. The summed E-state index contributed by atoms with van der Waals surface area (Å²) in [6.45, 7) is 1.59. The zero-order chi connectivity index (χ0) is 13.9. The average molecular weight is 338 g/mol. The van der Waals surface area contributed by atoms with Crippen molar-refractivity contribution in [3.05, 3.63) is 34.3 Å². The highest BCUT2D eigenvalue weighted by atomic mass is 79.9. The summed E-state index contributed by atoms with van der Waals surface area (Å²) < 4.78 is 6.65. The molecule has 2 fully saturated rings. The molecule has 3 nitrogen and oxygen atoms in total. The minimum absolute atomic E-state index is 0.190. The minimum atomic E-state index is -0.203. The number of hydrogen-bond acceptors (Lipinski definition) is 2. The first-order chi connectivity index (χ1) is 9.75. The highest BCUT2D eigenvalue weighted by molar-refractivity contribution is 9.10. The van der Waals surface area contributed by atoms with Crippen LogP contribution in [-0.2, 0) is 9.53 Å². The molecule has 2 aliphatic heterocycles. The molecule has 2 atom stereocenters. The topological polar surface area (TPSA) is 29.5 Å².